The van der Waals surface area contributed by atoms with E-state index in [0.717, 1.165) is 0 Å². The van der Waals surface area contributed by atoms with Gasteiger partial charge in [0.15, 0.2) is 0 Å². The fraction of sp³-hybridized carbons (Fsp3) is 0.304. The summed E-state index contributed by atoms with van der Waals surface area (Å²) in [6, 6.07) is 10.5. The van der Waals surface area contributed by atoms with Crippen molar-refractivity contribution in [2.75, 3.05) is 39.3 Å². The summed E-state index contributed by atoms with van der Waals surface area (Å²) >= 11 is 0. The highest BCUT2D eigenvalue weighted by Gasteiger charge is 2.39. The molecule has 1 aliphatic heterocycles. The molecule has 164 valence electrons. The first-order valence-corrected chi connectivity index (χ1v) is 9.92. The van der Waals surface area contributed by atoms with Gasteiger partial charge < -0.3 is 19.5 Å². The topological polar surface area (TPSA) is 77.1 Å². The minimum absolute atomic E-state index is 0.114. The van der Waals surface area contributed by atoms with Crippen LogP contribution in [0.2, 0.25) is 0 Å². The highest BCUT2D eigenvalue weighted by molar-refractivity contribution is 6.36. The van der Waals surface area contributed by atoms with Crippen LogP contribution in [-0.4, -0.2) is 50.7 Å². The lowest BCUT2D eigenvalue weighted by Gasteiger charge is -2.15. The summed E-state index contributed by atoms with van der Waals surface area (Å²) in [4.78, 5) is 27.5. The van der Waals surface area contributed by atoms with Crippen molar-refractivity contribution in [3.63, 3.8) is 0 Å². The average Bonchev–Trinajstić information content (AvgIpc) is 3.01. The Bertz CT molecular complexity index is 966. The molecule has 7 nitrogen and oxygen atoms in total. The number of halogens is 1. The Kier molecular flexibility index (Phi) is 7.25. The predicted molar refractivity (Wildman–Crippen MR) is 114 cm³/mol. The van der Waals surface area contributed by atoms with Crippen molar-refractivity contribution in [3.8, 4) is 11.5 Å². The molecule has 2 aromatic carbocycles. The van der Waals surface area contributed by atoms with Crippen molar-refractivity contribution in [2.45, 2.75) is 13.3 Å². The summed E-state index contributed by atoms with van der Waals surface area (Å²) in [5.74, 6) is -0.276. The molecule has 0 saturated heterocycles. The first-order valence-electron chi connectivity index (χ1n) is 9.92. The van der Waals surface area contributed by atoms with Gasteiger partial charge in [0.1, 0.15) is 23.0 Å². The summed E-state index contributed by atoms with van der Waals surface area (Å²) < 4.78 is 29.3. The molecule has 0 atom stereocenters. The van der Waals surface area contributed by atoms with Gasteiger partial charge in [0.05, 0.1) is 19.8 Å². The maximum atomic E-state index is 13.4. The number of nitrogens with one attached hydrogen (secondary N) is 1. The monoisotopic (exact) mass is 428 g/mol. The quantitative estimate of drug-likeness (QED) is 0.461. The number of hydrogen-bond donors (Lipinski definition) is 1. The number of hydrogen-bond acceptors (Lipinski definition) is 6. The van der Waals surface area contributed by atoms with Crippen molar-refractivity contribution in [2.24, 2.45) is 0 Å². The van der Waals surface area contributed by atoms with Gasteiger partial charge in [-0.1, -0.05) is 12.1 Å². The number of amides is 2. The fourth-order valence-electron chi connectivity index (χ4n) is 3.27. The minimum atomic E-state index is -0.456. The maximum absolute atomic E-state index is 13.4. The molecule has 0 spiro atoms. The van der Waals surface area contributed by atoms with Gasteiger partial charge in [-0.05, 0) is 31.0 Å². The Morgan fingerprint density at radius 2 is 1.61 bits per heavy atom. The van der Waals surface area contributed by atoms with Crippen LogP contribution in [0.1, 0.15) is 18.9 Å². The second kappa shape index (κ2) is 10.1. The molecule has 1 heterocycles. The second-order valence-corrected chi connectivity index (χ2v) is 6.80. The molecule has 0 fully saturated rings. The molecule has 0 aromatic heterocycles. The van der Waals surface area contributed by atoms with E-state index in [0.29, 0.717) is 42.4 Å². The molecule has 0 bridgehead atoms. The number of imide groups is 1. The zero-order chi connectivity index (χ0) is 22.4. The van der Waals surface area contributed by atoms with E-state index in [9.17, 15) is 14.0 Å². The van der Waals surface area contributed by atoms with Crippen molar-refractivity contribution in [3.05, 3.63) is 59.5 Å². The highest BCUT2D eigenvalue weighted by Crippen LogP contribution is 2.33. The summed E-state index contributed by atoms with van der Waals surface area (Å²) in [6.07, 6.45) is 0.516. The van der Waals surface area contributed by atoms with E-state index in [1.54, 1.807) is 18.2 Å². The van der Waals surface area contributed by atoms with Crippen molar-refractivity contribution < 1.29 is 28.2 Å². The number of benzene rings is 2. The van der Waals surface area contributed by atoms with Crippen LogP contribution in [0, 0.1) is 5.82 Å². The molecule has 1 aliphatic rings. The number of anilines is 1. The number of ether oxygens (including phenoxy) is 3. The maximum Gasteiger partial charge on any atom is 0.278 e. The molecule has 0 unspecified atom stereocenters. The fourth-order valence-corrected chi connectivity index (χ4v) is 3.27. The molecular weight excluding hydrogens is 403 g/mol. The first kappa shape index (κ1) is 22.3. The third-order valence-corrected chi connectivity index (χ3v) is 4.80. The van der Waals surface area contributed by atoms with Crippen LogP contribution in [0.3, 0.4) is 0 Å². The number of rotatable bonds is 10. The van der Waals surface area contributed by atoms with Gasteiger partial charge in [-0.3, -0.25) is 14.5 Å². The summed E-state index contributed by atoms with van der Waals surface area (Å²) in [6.45, 7) is 3.10. The number of carbonyl (C=O) groups excluding carboxylic acids is 2. The van der Waals surface area contributed by atoms with Crippen LogP contribution in [0.25, 0.3) is 5.57 Å². The van der Waals surface area contributed by atoms with Crippen LogP contribution in [-0.2, 0) is 14.3 Å². The number of methoxy groups -OCH3 is 2. The molecule has 8 heteroatoms. The summed E-state index contributed by atoms with van der Waals surface area (Å²) in [5, 5.41) is 3.05. The minimum Gasteiger partial charge on any atom is -0.497 e. The van der Waals surface area contributed by atoms with Gasteiger partial charge >= 0.3 is 0 Å². The second-order valence-electron chi connectivity index (χ2n) is 6.80. The van der Waals surface area contributed by atoms with Gasteiger partial charge in [-0.25, -0.2) is 4.39 Å². The smallest absolute Gasteiger partial charge is 0.278 e. The molecule has 0 aliphatic carbocycles. The predicted octanol–water partition coefficient (Wildman–Crippen LogP) is 3.46. The third kappa shape index (κ3) is 5.03. The van der Waals surface area contributed by atoms with Gasteiger partial charge in [0.25, 0.3) is 11.8 Å². The Labute approximate surface area is 180 Å². The van der Waals surface area contributed by atoms with Gasteiger partial charge in [0, 0.05) is 43.6 Å². The normalized spacial score (nSPS) is 13.7. The molecule has 0 radical (unpaired) electrons. The van der Waals surface area contributed by atoms with Crippen LogP contribution in [0.4, 0.5) is 10.1 Å². The standard InChI is InChI=1S/C23H25FN2O5/c1-4-31-11-5-10-26-22(27)20(15-6-8-16(24)9-7-15)21(23(26)28)25-17-12-18(29-2)14-19(13-17)30-3/h6-9,12-14,25H,4-5,10-11H2,1-3H3. The van der Waals surface area contributed by atoms with Gasteiger partial charge in [-0.15, -0.1) is 0 Å². The molecule has 2 aromatic rings. The molecule has 2 amide bonds. The average molecular weight is 428 g/mol. The van der Waals surface area contributed by atoms with E-state index < -0.39 is 17.6 Å². The van der Waals surface area contributed by atoms with E-state index in [1.807, 2.05) is 6.92 Å². The lowest BCUT2D eigenvalue weighted by molar-refractivity contribution is -0.137. The van der Waals surface area contributed by atoms with Crippen molar-refractivity contribution in [1.29, 1.82) is 0 Å². The summed E-state index contributed by atoms with van der Waals surface area (Å²) in [5.41, 5.74) is 1.26. The Hall–Kier alpha value is -3.39. The lowest BCUT2D eigenvalue weighted by Crippen LogP contribution is -2.34. The Morgan fingerprint density at radius 1 is 0.968 bits per heavy atom. The number of nitrogens with zero attached hydrogens (tertiary/aromatic N) is 1. The molecule has 0 saturated carbocycles. The van der Waals surface area contributed by atoms with Gasteiger partial charge in [0.2, 0.25) is 0 Å². The Morgan fingerprint density at radius 3 is 2.19 bits per heavy atom. The lowest BCUT2D eigenvalue weighted by atomic mass is 10.0. The Balaban J connectivity index is 1.98. The zero-order valence-corrected chi connectivity index (χ0v) is 17.7. The highest BCUT2D eigenvalue weighted by atomic mass is 19.1. The number of carbonyl (C=O) groups is 2. The van der Waals surface area contributed by atoms with Crippen LogP contribution in [0.5, 0.6) is 11.5 Å². The van der Waals surface area contributed by atoms with E-state index >= 15 is 0 Å². The summed E-state index contributed by atoms with van der Waals surface area (Å²) in [7, 11) is 3.04. The van der Waals surface area contributed by atoms with E-state index in [2.05, 4.69) is 5.32 Å². The molecule has 3 rings (SSSR count). The van der Waals surface area contributed by atoms with Crippen molar-refractivity contribution >= 4 is 23.1 Å². The third-order valence-electron chi connectivity index (χ3n) is 4.80. The SMILES string of the molecule is CCOCCCN1C(=O)C(Nc2cc(OC)cc(OC)c2)=C(c2ccc(F)cc2)C1=O. The van der Waals surface area contributed by atoms with Crippen molar-refractivity contribution in [1.82, 2.24) is 4.90 Å². The first-order chi connectivity index (χ1) is 15.0. The largest absolute Gasteiger partial charge is 0.497 e. The van der Waals surface area contributed by atoms with Crippen LogP contribution in [0.15, 0.2) is 48.2 Å². The van der Waals surface area contributed by atoms with E-state index in [-0.39, 0.29) is 17.8 Å². The zero-order valence-electron chi connectivity index (χ0n) is 17.7. The van der Waals surface area contributed by atoms with E-state index in [1.165, 1.54) is 43.4 Å². The molecule has 31 heavy (non-hydrogen) atoms. The molecule has 1 N–H and O–H groups in total. The van der Waals surface area contributed by atoms with E-state index in [4.69, 9.17) is 14.2 Å². The van der Waals surface area contributed by atoms with Crippen LogP contribution < -0.4 is 14.8 Å². The van der Waals surface area contributed by atoms with Crippen LogP contribution >= 0.6 is 0 Å². The van der Waals surface area contributed by atoms with Gasteiger partial charge in [-0.2, -0.15) is 0 Å². The molecular formula is C23H25FN2O5.